The van der Waals surface area contributed by atoms with Crippen LogP contribution in [0.2, 0.25) is 0 Å². The normalized spacial score (nSPS) is 13.2. The van der Waals surface area contributed by atoms with Crippen LogP contribution in [0.25, 0.3) is 0 Å². The van der Waals surface area contributed by atoms with E-state index >= 15 is 0 Å². The van der Waals surface area contributed by atoms with Crippen molar-refractivity contribution in [2.24, 2.45) is 0 Å². The molecule has 0 aliphatic rings. The van der Waals surface area contributed by atoms with Crippen LogP contribution in [0.4, 0.5) is 11.4 Å². The molecule has 0 amide bonds. The number of rotatable bonds is 4. The number of nitrogens with two attached hydrogens (primary N) is 2. The number of ether oxygens (including phenoxy) is 1. The van der Waals surface area contributed by atoms with Gasteiger partial charge < -0.3 is 16.2 Å². The van der Waals surface area contributed by atoms with E-state index in [0.717, 1.165) is 33.7 Å². The zero-order chi connectivity index (χ0) is 18.0. The van der Waals surface area contributed by atoms with Crippen LogP contribution in [-0.2, 0) is 5.41 Å². The lowest BCUT2D eigenvalue weighted by Gasteiger charge is -2.34. The molecule has 0 fully saturated rings. The van der Waals surface area contributed by atoms with E-state index in [1.807, 2.05) is 48.5 Å². The van der Waals surface area contributed by atoms with Crippen LogP contribution in [0.15, 0.2) is 66.7 Å². The Kier molecular flexibility index (Phi) is 4.41. The number of anilines is 2. The first-order valence-corrected chi connectivity index (χ1v) is 8.33. The van der Waals surface area contributed by atoms with Crippen LogP contribution in [0.5, 0.6) is 5.75 Å². The third kappa shape index (κ3) is 2.93. The highest BCUT2D eigenvalue weighted by Gasteiger charge is 2.35. The van der Waals surface area contributed by atoms with E-state index in [1.54, 1.807) is 7.11 Å². The monoisotopic (exact) mass is 332 g/mol. The van der Waals surface area contributed by atoms with Gasteiger partial charge in [0, 0.05) is 16.8 Å². The molecule has 0 spiro atoms. The summed E-state index contributed by atoms with van der Waals surface area (Å²) in [5, 5.41) is 0. The van der Waals surface area contributed by atoms with Crippen LogP contribution in [0.3, 0.4) is 0 Å². The molecular formula is C22H24N2O. The predicted octanol–water partition coefficient (Wildman–Crippen LogP) is 4.52. The van der Waals surface area contributed by atoms with Gasteiger partial charge >= 0.3 is 0 Å². The maximum Gasteiger partial charge on any atom is 0.119 e. The Balaban J connectivity index is 2.37. The molecule has 3 rings (SSSR count). The van der Waals surface area contributed by atoms with Gasteiger partial charge in [-0.3, -0.25) is 0 Å². The number of hydrogen-bond donors (Lipinski definition) is 2. The third-order valence-electron chi connectivity index (χ3n) is 4.90. The SMILES string of the molecule is COc1ccc(N)c(C(C)(c2ccccc2)c2cc(C)ccc2N)c1. The summed E-state index contributed by atoms with van der Waals surface area (Å²) < 4.78 is 5.44. The minimum atomic E-state index is -0.490. The Hall–Kier alpha value is -2.94. The Morgan fingerprint density at radius 1 is 0.800 bits per heavy atom. The van der Waals surface area contributed by atoms with Gasteiger partial charge in [-0.1, -0.05) is 48.0 Å². The second-order valence-electron chi connectivity index (χ2n) is 6.53. The molecule has 3 nitrogen and oxygen atoms in total. The van der Waals surface area contributed by atoms with Crippen LogP contribution in [0.1, 0.15) is 29.2 Å². The molecule has 3 heteroatoms. The number of methoxy groups -OCH3 is 1. The van der Waals surface area contributed by atoms with E-state index in [2.05, 4.69) is 32.0 Å². The fourth-order valence-corrected chi connectivity index (χ4v) is 3.43. The minimum absolute atomic E-state index is 0.490. The first-order valence-electron chi connectivity index (χ1n) is 8.33. The molecule has 3 aromatic carbocycles. The van der Waals surface area contributed by atoms with E-state index in [1.165, 1.54) is 0 Å². The minimum Gasteiger partial charge on any atom is -0.497 e. The molecule has 0 aromatic heterocycles. The van der Waals surface area contributed by atoms with Gasteiger partial charge in [0.25, 0.3) is 0 Å². The van der Waals surface area contributed by atoms with Crippen LogP contribution in [-0.4, -0.2) is 7.11 Å². The maximum absolute atomic E-state index is 6.40. The summed E-state index contributed by atoms with van der Waals surface area (Å²) in [6.07, 6.45) is 0. The fourth-order valence-electron chi connectivity index (χ4n) is 3.43. The first-order chi connectivity index (χ1) is 12.0. The van der Waals surface area contributed by atoms with E-state index in [0.29, 0.717) is 5.69 Å². The Labute approximate surface area is 149 Å². The van der Waals surface area contributed by atoms with Crippen molar-refractivity contribution in [2.75, 3.05) is 18.6 Å². The zero-order valence-electron chi connectivity index (χ0n) is 14.9. The fraction of sp³-hybridized carbons (Fsp3) is 0.182. The summed E-state index contributed by atoms with van der Waals surface area (Å²) in [6.45, 7) is 4.24. The van der Waals surface area contributed by atoms with Gasteiger partial charge in [0.1, 0.15) is 5.75 Å². The molecule has 25 heavy (non-hydrogen) atoms. The van der Waals surface area contributed by atoms with E-state index in [9.17, 15) is 0 Å². The standard InChI is InChI=1S/C22H24N2O/c1-15-9-11-20(23)18(13-15)22(2,16-7-5-4-6-8-16)19-14-17(25-3)10-12-21(19)24/h4-14H,23-24H2,1-3H3. The molecular weight excluding hydrogens is 308 g/mol. The number of hydrogen-bond acceptors (Lipinski definition) is 3. The van der Waals surface area contributed by atoms with Crippen molar-refractivity contribution in [2.45, 2.75) is 19.3 Å². The van der Waals surface area contributed by atoms with Gasteiger partial charge in [-0.15, -0.1) is 0 Å². The van der Waals surface area contributed by atoms with E-state index in [4.69, 9.17) is 16.2 Å². The van der Waals surface area contributed by atoms with Gasteiger partial charge in [0.05, 0.1) is 7.11 Å². The molecule has 1 atom stereocenters. The van der Waals surface area contributed by atoms with Crippen molar-refractivity contribution in [3.05, 3.63) is 89.0 Å². The van der Waals surface area contributed by atoms with Crippen LogP contribution in [0, 0.1) is 6.92 Å². The van der Waals surface area contributed by atoms with E-state index in [-0.39, 0.29) is 0 Å². The highest BCUT2D eigenvalue weighted by atomic mass is 16.5. The topological polar surface area (TPSA) is 61.3 Å². The maximum atomic E-state index is 6.40. The second kappa shape index (κ2) is 6.52. The van der Waals surface area contributed by atoms with Gasteiger partial charge in [0.15, 0.2) is 0 Å². The Bertz CT molecular complexity index is 890. The molecule has 128 valence electrons. The van der Waals surface area contributed by atoms with Gasteiger partial charge in [0.2, 0.25) is 0 Å². The van der Waals surface area contributed by atoms with Crippen LogP contribution < -0.4 is 16.2 Å². The lowest BCUT2D eigenvalue weighted by Crippen LogP contribution is -2.28. The van der Waals surface area contributed by atoms with E-state index < -0.39 is 5.41 Å². The van der Waals surface area contributed by atoms with Gasteiger partial charge in [-0.25, -0.2) is 0 Å². The summed E-state index contributed by atoms with van der Waals surface area (Å²) in [5.41, 5.74) is 18.1. The predicted molar refractivity (Wildman–Crippen MR) is 105 cm³/mol. The molecule has 1 unspecified atom stereocenters. The molecule has 3 aromatic rings. The Morgan fingerprint density at radius 2 is 1.40 bits per heavy atom. The van der Waals surface area contributed by atoms with Gasteiger partial charge in [-0.05, 0) is 54.8 Å². The molecule has 0 bridgehead atoms. The van der Waals surface area contributed by atoms with Crippen molar-refractivity contribution >= 4 is 11.4 Å². The smallest absolute Gasteiger partial charge is 0.119 e. The largest absolute Gasteiger partial charge is 0.497 e. The number of benzene rings is 3. The zero-order valence-corrected chi connectivity index (χ0v) is 14.9. The highest BCUT2D eigenvalue weighted by Crippen LogP contribution is 2.44. The van der Waals surface area contributed by atoms with Crippen molar-refractivity contribution in [1.82, 2.24) is 0 Å². The summed E-state index contributed by atoms with van der Waals surface area (Å²) >= 11 is 0. The average Bonchev–Trinajstić information content (AvgIpc) is 2.64. The molecule has 0 saturated heterocycles. The van der Waals surface area contributed by atoms with Crippen molar-refractivity contribution < 1.29 is 4.74 Å². The number of aryl methyl sites for hydroxylation is 1. The third-order valence-corrected chi connectivity index (χ3v) is 4.90. The van der Waals surface area contributed by atoms with Crippen LogP contribution >= 0.6 is 0 Å². The molecule has 0 aliphatic heterocycles. The average molecular weight is 332 g/mol. The summed E-state index contributed by atoms with van der Waals surface area (Å²) in [6, 6.07) is 22.2. The molecule has 4 N–H and O–H groups in total. The second-order valence-corrected chi connectivity index (χ2v) is 6.53. The summed E-state index contributed by atoms with van der Waals surface area (Å²) in [7, 11) is 1.66. The van der Waals surface area contributed by atoms with Gasteiger partial charge in [-0.2, -0.15) is 0 Å². The summed E-state index contributed by atoms with van der Waals surface area (Å²) in [4.78, 5) is 0. The molecule has 0 heterocycles. The Morgan fingerprint density at radius 3 is 2.04 bits per heavy atom. The quantitative estimate of drug-likeness (QED) is 0.545. The summed E-state index contributed by atoms with van der Waals surface area (Å²) in [5.74, 6) is 0.776. The lowest BCUT2D eigenvalue weighted by atomic mass is 9.69. The first kappa shape index (κ1) is 16.9. The molecule has 0 saturated carbocycles. The lowest BCUT2D eigenvalue weighted by molar-refractivity contribution is 0.413. The van der Waals surface area contributed by atoms with Crippen molar-refractivity contribution in [3.8, 4) is 5.75 Å². The molecule has 0 radical (unpaired) electrons. The highest BCUT2D eigenvalue weighted by molar-refractivity contribution is 5.67. The number of nitrogen functional groups attached to an aromatic ring is 2. The molecule has 0 aliphatic carbocycles. The van der Waals surface area contributed by atoms with Crippen molar-refractivity contribution in [1.29, 1.82) is 0 Å². The van der Waals surface area contributed by atoms with Crippen molar-refractivity contribution in [3.63, 3.8) is 0 Å².